The van der Waals surface area contributed by atoms with Crippen molar-refractivity contribution >= 4 is 17.4 Å². The molecule has 1 heterocycles. The quantitative estimate of drug-likeness (QED) is 0.881. The maximum atomic E-state index is 6.27. The highest BCUT2D eigenvalue weighted by atomic mass is 35.5. The van der Waals surface area contributed by atoms with E-state index in [4.69, 9.17) is 16.6 Å². The van der Waals surface area contributed by atoms with Gasteiger partial charge < -0.3 is 10.2 Å². The highest BCUT2D eigenvalue weighted by Gasteiger charge is 2.23. The Morgan fingerprint density at radius 2 is 2.14 bits per heavy atom. The van der Waals surface area contributed by atoms with E-state index in [-0.39, 0.29) is 0 Å². The van der Waals surface area contributed by atoms with Gasteiger partial charge >= 0.3 is 0 Å². The fourth-order valence-electron chi connectivity index (χ4n) is 3.03. The van der Waals surface area contributed by atoms with Crippen LogP contribution in [0, 0.1) is 5.92 Å². The van der Waals surface area contributed by atoms with Gasteiger partial charge in [-0.1, -0.05) is 45.2 Å². The summed E-state index contributed by atoms with van der Waals surface area (Å²) in [6, 6.07) is 5.06. The van der Waals surface area contributed by atoms with Crippen LogP contribution in [-0.2, 0) is 6.54 Å². The highest BCUT2D eigenvalue weighted by Crippen LogP contribution is 2.29. The summed E-state index contributed by atoms with van der Waals surface area (Å²) in [6.07, 6.45) is 5.22. The molecule has 1 aromatic rings. The summed E-state index contributed by atoms with van der Waals surface area (Å²) in [5.41, 5.74) is 0.943. The van der Waals surface area contributed by atoms with Gasteiger partial charge in [0.2, 0.25) is 0 Å². The molecular formula is C17H28ClN3. The second-order valence-corrected chi connectivity index (χ2v) is 7.08. The molecule has 2 rings (SSSR count). The van der Waals surface area contributed by atoms with Crippen molar-refractivity contribution in [2.24, 2.45) is 5.92 Å². The average molecular weight is 310 g/mol. The highest BCUT2D eigenvalue weighted by molar-refractivity contribution is 6.31. The molecule has 3 nitrogen and oxygen atoms in total. The second kappa shape index (κ2) is 7.46. The molecule has 0 radical (unpaired) electrons. The first-order valence-corrected chi connectivity index (χ1v) is 8.46. The van der Waals surface area contributed by atoms with E-state index in [1.165, 1.54) is 25.7 Å². The van der Waals surface area contributed by atoms with E-state index in [2.05, 4.69) is 38.0 Å². The van der Waals surface area contributed by atoms with Crippen molar-refractivity contribution in [3.8, 4) is 0 Å². The lowest BCUT2D eigenvalue weighted by molar-refractivity contribution is 0.335. The largest absolute Gasteiger partial charge is 0.357 e. The molecule has 4 heteroatoms. The van der Waals surface area contributed by atoms with Crippen molar-refractivity contribution in [2.75, 3.05) is 11.9 Å². The van der Waals surface area contributed by atoms with Crippen LogP contribution in [0.5, 0.6) is 0 Å². The number of hydrogen-bond donors (Lipinski definition) is 1. The molecule has 0 saturated heterocycles. The van der Waals surface area contributed by atoms with Crippen LogP contribution in [0.1, 0.15) is 52.1 Å². The third-order valence-corrected chi connectivity index (χ3v) is 4.74. The summed E-state index contributed by atoms with van der Waals surface area (Å²) in [6.45, 7) is 7.34. The van der Waals surface area contributed by atoms with E-state index in [0.29, 0.717) is 12.1 Å². The molecular weight excluding hydrogens is 282 g/mol. The van der Waals surface area contributed by atoms with Gasteiger partial charge in [-0.05, 0) is 30.9 Å². The van der Waals surface area contributed by atoms with Crippen LogP contribution in [0.25, 0.3) is 0 Å². The lowest BCUT2D eigenvalue weighted by Crippen LogP contribution is -2.36. The summed E-state index contributed by atoms with van der Waals surface area (Å²) in [5, 5.41) is 4.14. The van der Waals surface area contributed by atoms with Gasteiger partial charge in [0.1, 0.15) is 5.82 Å². The molecule has 2 atom stereocenters. The van der Waals surface area contributed by atoms with Crippen molar-refractivity contribution in [2.45, 2.75) is 65.1 Å². The molecule has 1 aliphatic rings. The predicted molar refractivity (Wildman–Crippen MR) is 91.0 cm³/mol. The molecule has 0 amide bonds. The van der Waals surface area contributed by atoms with Crippen LogP contribution >= 0.6 is 11.6 Å². The molecule has 1 fully saturated rings. The summed E-state index contributed by atoms with van der Waals surface area (Å²) in [7, 11) is 2.17. The van der Waals surface area contributed by atoms with Gasteiger partial charge in [-0.3, -0.25) is 0 Å². The van der Waals surface area contributed by atoms with Gasteiger partial charge in [-0.2, -0.15) is 0 Å². The van der Waals surface area contributed by atoms with Crippen LogP contribution in [0.15, 0.2) is 12.1 Å². The fourth-order valence-corrected chi connectivity index (χ4v) is 3.21. The molecule has 0 spiro atoms. The first-order chi connectivity index (χ1) is 9.97. The second-order valence-electron chi connectivity index (χ2n) is 6.67. The van der Waals surface area contributed by atoms with Crippen molar-refractivity contribution < 1.29 is 0 Å². The Kier molecular flexibility index (Phi) is 5.88. The Morgan fingerprint density at radius 3 is 2.81 bits per heavy atom. The van der Waals surface area contributed by atoms with Crippen LogP contribution in [0.3, 0.4) is 0 Å². The minimum absolute atomic E-state index is 0.434. The maximum absolute atomic E-state index is 6.27. The smallest absolute Gasteiger partial charge is 0.128 e. The normalized spacial score (nSPS) is 22.6. The van der Waals surface area contributed by atoms with E-state index >= 15 is 0 Å². The Balaban J connectivity index is 2.09. The summed E-state index contributed by atoms with van der Waals surface area (Å²) < 4.78 is 0. The Hall–Kier alpha value is -0.800. The van der Waals surface area contributed by atoms with Crippen LogP contribution in [0.4, 0.5) is 5.82 Å². The number of nitrogens with zero attached hydrogens (tertiary/aromatic N) is 2. The van der Waals surface area contributed by atoms with Gasteiger partial charge in [0.25, 0.3) is 0 Å². The molecule has 118 valence electrons. The minimum Gasteiger partial charge on any atom is -0.357 e. The number of halogens is 1. The number of anilines is 1. The molecule has 2 unspecified atom stereocenters. The standard InChI is InChI=1S/C17H28ClN3/c1-12(2)19-11-16-15(18)8-9-17(20-16)21(4)14-7-5-6-13(3)10-14/h8-9,12-14,19H,5-7,10-11H2,1-4H3. The SMILES string of the molecule is CC1CCCC(N(C)c2ccc(Cl)c(CNC(C)C)n2)C1. The van der Waals surface area contributed by atoms with E-state index in [0.717, 1.165) is 29.0 Å². The van der Waals surface area contributed by atoms with Crippen LogP contribution in [0.2, 0.25) is 5.02 Å². The zero-order chi connectivity index (χ0) is 15.4. The number of nitrogens with one attached hydrogen (secondary N) is 1. The van der Waals surface area contributed by atoms with Gasteiger partial charge in [-0.15, -0.1) is 0 Å². The Morgan fingerprint density at radius 1 is 1.38 bits per heavy atom. The maximum Gasteiger partial charge on any atom is 0.128 e. The topological polar surface area (TPSA) is 28.2 Å². The van der Waals surface area contributed by atoms with E-state index < -0.39 is 0 Å². The molecule has 21 heavy (non-hydrogen) atoms. The third-order valence-electron chi connectivity index (χ3n) is 4.40. The van der Waals surface area contributed by atoms with Crippen LogP contribution < -0.4 is 10.2 Å². The summed E-state index contributed by atoms with van der Waals surface area (Å²) in [4.78, 5) is 7.11. The van der Waals surface area contributed by atoms with Crippen molar-refractivity contribution in [1.29, 1.82) is 0 Å². The first kappa shape index (κ1) is 16.6. The van der Waals surface area contributed by atoms with Crippen LogP contribution in [-0.4, -0.2) is 24.1 Å². The van der Waals surface area contributed by atoms with Gasteiger partial charge in [0, 0.05) is 25.7 Å². The Bertz CT molecular complexity index is 461. The zero-order valence-corrected chi connectivity index (χ0v) is 14.5. The molecule has 1 aliphatic carbocycles. The lowest BCUT2D eigenvalue weighted by atomic mass is 9.86. The Labute approximate surface area is 134 Å². The number of pyridine rings is 1. The van der Waals surface area contributed by atoms with E-state index in [1.807, 2.05) is 12.1 Å². The molecule has 1 N–H and O–H groups in total. The minimum atomic E-state index is 0.434. The van der Waals surface area contributed by atoms with Gasteiger partial charge in [-0.25, -0.2) is 4.98 Å². The number of rotatable bonds is 5. The summed E-state index contributed by atoms with van der Waals surface area (Å²) in [5.74, 6) is 1.86. The van der Waals surface area contributed by atoms with E-state index in [1.54, 1.807) is 0 Å². The van der Waals surface area contributed by atoms with Crippen molar-refractivity contribution in [3.05, 3.63) is 22.8 Å². The first-order valence-electron chi connectivity index (χ1n) is 8.09. The molecule has 0 aromatic carbocycles. The zero-order valence-electron chi connectivity index (χ0n) is 13.7. The molecule has 1 aromatic heterocycles. The van der Waals surface area contributed by atoms with Gasteiger partial charge in [0.05, 0.1) is 10.7 Å². The predicted octanol–water partition coefficient (Wildman–Crippen LogP) is 4.25. The molecule has 0 aliphatic heterocycles. The average Bonchev–Trinajstić information content (AvgIpc) is 2.45. The monoisotopic (exact) mass is 309 g/mol. The van der Waals surface area contributed by atoms with Crippen molar-refractivity contribution in [1.82, 2.24) is 10.3 Å². The number of hydrogen-bond acceptors (Lipinski definition) is 3. The van der Waals surface area contributed by atoms with E-state index in [9.17, 15) is 0 Å². The lowest BCUT2D eigenvalue weighted by Gasteiger charge is -2.35. The summed E-state index contributed by atoms with van der Waals surface area (Å²) >= 11 is 6.27. The third kappa shape index (κ3) is 4.58. The van der Waals surface area contributed by atoms with Gasteiger partial charge in [0.15, 0.2) is 0 Å². The molecule has 0 bridgehead atoms. The van der Waals surface area contributed by atoms with Crippen molar-refractivity contribution in [3.63, 3.8) is 0 Å². The fraction of sp³-hybridized carbons (Fsp3) is 0.706. The number of aromatic nitrogens is 1. The molecule has 1 saturated carbocycles.